The molecule has 11 heteroatoms. The van der Waals surface area contributed by atoms with E-state index in [-0.39, 0.29) is 23.6 Å². The average molecular weight is 573 g/mol. The van der Waals surface area contributed by atoms with Crippen molar-refractivity contribution in [1.82, 2.24) is 10.6 Å². The molecular weight excluding hydrogens is 549 g/mol. The van der Waals surface area contributed by atoms with Gasteiger partial charge in [0.1, 0.15) is 5.82 Å². The van der Waals surface area contributed by atoms with Crippen LogP contribution in [0.3, 0.4) is 0 Å². The van der Waals surface area contributed by atoms with Crippen LogP contribution in [0.5, 0.6) is 0 Å². The number of carbonyl (C=O) groups is 1. The topological polar surface area (TPSA) is 41.1 Å². The van der Waals surface area contributed by atoms with E-state index in [1.807, 2.05) is 0 Å². The van der Waals surface area contributed by atoms with E-state index in [0.717, 1.165) is 25.0 Å². The number of hydrogen-bond acceptors (Lipinski definition) is 1. The molecule has 1 atom stereocenters. The van der Waals surface area contributed by atoms with Crippen molar-refractivity contribution in [2.75, 3.05) is 0 Å². The third kappa shape index (κ3) is 6.66. The predicted molar refractivity (Wildman–Crippen MR) is 133 cm³/mol. The Morgan fingerprint density at radius 2 is 1.46 bits per heavy atom. The number of rotatable bonds is 6. The lowest BCUT2D eigenvalue weighted by atomic mass is 9.77. The lowest BCUT2D eigenvalue weighted by molar-refractivity contribution is -0.138. The Labute approximate surface area is 225 Å². The van der Waals surface area contributed by atoms with Gasteiger partial charge in [-0.15, -0.1) is 0 Å². The Bertz CT molecular complexity index is 1320. The van der Waals surface area contributed by atoms with Gasteiger partial charge in [0.15, 0.2) is 0 Å². The maximum absolute atomic E-state index is 14.7. The van der Waals surface area contributed by atoms with Gasteiger partial charge in [0, 0.05) is 12.5 Å². The molecule has 4 rings (SSSR count). The summed E-state index contributed by atoms with van der Waals surface area (Å²) in [4.78, 5) is 13.3. The molecule has 1 unspecified atom stereocenters. The van der Waals surface area contributed by atoms with E-state index in [4.69, 9.17) is 11.6 Å². The summed E-state index contributed by atoms with van der Waals surface area (Å²) >= 11 is 5.84. The maximum atomic E-state index is 14.7. The van der Waals surface area contributed by atoms with Gasteiger partial charge < -0.3 is 10.6 Å². The van der Waals surface area contributed by atoms with Gasteiger partial charge in [-0.3, -0.25) is 0 Å². The van der Waals surface area contributed by atoms with E-state index in [9.17, 15) is 35.5 Å². The molecule has 3 aromatic carbocycles. The molecule has 3 aromatic rings. The van der Waals surface area contributed by atoms with E-state index >= 15 is 0 Å². The van der Waals surface area contributed by atoms with E-state index in [1.165, 1.54) is 6.07 Å². The summed E-state index contributed by atoms with van der Waals surface area (Å²) in [6, 6.07) is 11.7. The van der Waals surface area contributed by atoms with Crippen molar-refractivity contribution in [3.05, 3.63) is 105 Å². The van der Waals surface area contributed by atoms with E-state index in [2.05, 4.69) is 10.6 Å². The zero-order valence-corrected chi connectivity index (χ0v) is 21.2. The quantitative estimate of drug-likeness (QED) is 0.287. The fourth-order valence-corrected chi connectivity index (χ4v) is 5.18. The molecule has 1 saturated carbocycles. The molecule has 3 nitrogen and oxygen atoms in total. The number of benzene rings is 3. The first-order valence-electron chi connectivity index (χ1n) is 12.2. The molecule has 0 heterocycles. The standard InChI is InChI=1S/C28H24ClF7N2O/c29-24-11-10-18(15-23(24)28(34,35)36)26(16-17-6-2-1-3-7-17,38-25(39)37-22-8-4-5-9-22)19-12-20(27(31,32)33)14-21(30)13-19/h1-3,6-7,10-15,22H,4-5,8-9,16H2,(H2,37,38,39). The first-order chi connectivity index (χ1) is 18.3. The second kappa shape index (κ2) is 11.1. The minimum atomic E-state index is -4.96. The molecule has 39 heavy (non-hydrogen) atoms. The summed E-state index contributed by atoms with van der Waals surface area (Å²) in [6.45, 7) is 0. The lowest BCUT2D eigenvalue weighted by Gasteiger charge is -2.37. The normalized spacial score (nSPS) is 16.1. The van der Waals surface area contributed by atoms with Crippen molar-refractivity contribution < 1.29 is 35.5 Å². The van der Waals surface area contributed by atoms with Crippen molar-refractivity contribution in [1.29, 1.82) is 0 Å². The van der Waals surface area contributed by atoms with Crippen LogP contribution in [0.25, 0.3) is 0 Å². The smallest absolute Gasteiger partial charge is 0.335 e. The second-order valence-corrected chi connectivity index (χ2v) is 9.97. The van der Waals surface area contributed by atoms with Crippen LogP contribution in [0.4, 0.5) is 35.5 Å². The van der Waals surface area contributed by atoms with Crippen molar-refractivity contribution in [3.63, 3.8) is 0 Å². The van der Waals surface area contributed by atoms with Crippen LogP contribution >= 0.6 is 11.6 Å². The maximum Gasteiger partial charge on any atom is 0.417 e. The second-order valence-electron chi connectivity index (χ2n) is 9.57. The Balaban J connectivity index is 1.98. The number of alkyl halides is 6. The molecule has 2 amide bonds. The third-order valence-corrected chi connectivity index (χ3v) is 7.14. The molecule has 0 spiro atoms. The number of urea groups is 1. The summed E-state index contributed by atoms with van der Waals surface area (Å²) in [7, 11) is 0. The summed E-state index contributed by atoms with van der Waals surface area (Å²) < 4.78 is 97.5. The fraction of sp³-hybridized carbons (Fsp3) is 0.321. The minimum absolute atomic E-state index is 0.214. The van der Waals surface area contributed by atoms with Crippen molar-refractivity contribution >= 4 is 17.6 Å². The molecule has 1 aliphatic rings. The molecule has 2 N–H and O–H groups in total. The van der Waals surface area contributed by atoms with Crippen LogP contribution in [-0.4, -0.2) is 12.1 Å². The zero-order chi connectivity index (χ0) is 28.4. The van der Waals surface area contributed by atoms with Crippen LogP contribution < -0.4 is 10.6 Å². The highest BCUT2D eigenvalue weighted by Crippen LogP contribution is 2.42. The molecule has 0 aromatic heterocycles. The largest absolute Gasteiger partial charge is 0.417 e. The van der Waals surface area contributed by atoms with Gasteiger partial charge in [-0.2, -0.15) is 26.3 Å². The van der Waals surface area contributed by atoms with Crippen LogP contribution in [0.1, 0.15) is 53.5 Å². The Morgan fingerprint density at radius 3 is 2.08 bits per heavy atom. The molecular formula is C28H24ClF7N2O. The highest BCUT2D eigenvalue weighted by atomic mass is 35.5. The van der Waals surface area contributed by atoms with Gasteiger partial charge in [-0.25, -0.2) is 9.18 Å². The molecule has 208 valence electrons. The van der Waals surface area contributed by atoms with Crippen molar-refractivity contribution in [2.45, 2.75) is 56.0 Å². The number of amides is 2. The third-order valence-electron chi connectivity index (χ3n) is 6.81. The number of carbonyl (C=O) groups excluding carboxylic acids is 1. The lowest BCUT2D eigenvalue weighted by Crippen LogP contribution is -2.53. The zero-order valence-electron chi connectivity index (χ0n) is 20.4. The SMILES string of the molecule is O=C(NC1CCCC1)NC(Cc1ccccc1)(c1cc(F)cc(C(F)(F)F)c1)c1ccc(Cl)c(C(F)(F)F)c1. The molecule has 1 aliphatic carbocycles. The highest BCUT2D eigenvalue weighted by molar-refractivity contribution is 6.31. The average Bonchev–Trinajstić information content (AvgIpc) is 3.35. The van der Waals surface area contributed by atoms with Crippen LogP contribution in [0.15, 0.2) is 66.7 Å². The molecule has 0 bridgehead atoms. The molecule has 0 radical (unpaired) electrons. The van der Waals surface area contributed by atoms with Gasteiger partial charge in [-0.1, -0.05) is 60.8 Å². The van der Waals surface area contributed by atoms with E-state index in [1.54, 1.807) is 30.3 Å². The Morgan fingerprint density at radius 1 is 0.821 bits per heavy atom. The number of nitrogens with one attached hydrogen (secondary N) is 2. The van der Waals surface area contributed by atoms with Crippen LogP contribution in [-0.2, 0) is 24.3 Å². The monoisotopic (exact) mass is 572 g/mol. The van der Waals surface area contributed by atoms with Gasteiger partial charge in [0.25, 0.3) is 0 Å². The first kappa shape index (κ1) is 28.7. The van der Waals surface area contributed by atoms with Crippen molar-refractivity contribution in [3.8, 4) is 0 Å². The highest BCUT2D eigenvalue weighted by Gasteiger charge is 2.42. The van der Waals surface area contributed by atoms with E-state index < -0.39 is 45.9 Å². The summed E-state index contributed by atoms with van der Waals surface area (Å²) in [5.74, 6) is -1.26. The van der Waals surface area contributed by atoms with E-state index in [0.29, 0.717) is 36.6 Å². The van der Waals surface area contributed by atoms with Gasteiger partial charge in [0.2, 0.25) is 0 Å². The first-order valence-corrected chi connectivity index (χ1v) is 12.5. The summed E-state index contributed by atoms with van der Waals surface area (Å²) in [5, 5.41) is 4.78. The predicted octanol–water partition coefficient (Wildman–Crippen LogP) is 8.24. The number of halogens is 8. The van der Waals surface area contributed by atoms with Crippen molar-refractivity contribution in [2.24, 2.45) is 0 Å². The fourth-order valence-electron chi connectivity index (χ4n) is 4.95. The minimum Gasteiger partial charge on any atom is -0.335 e. The van der Waals surface area contributed by atoms with Crippen LogP contribution in [0.2, 0.25) is 5.02 Å². The molecule has 0 aliphatic heterocycles. The Kier molecular flexibility index (Phi) is 8.16. The van der Waals surface area contributed by atoms with Gasteiger partial charge in [0.05, 0.1) is 21.7 Å². The summed E-state index contributed by atoms with van der Waals surface area (Å²) in [6.07, 6.45) is -7.07. The Hall–Kier alpha value is -3.27. The van der Waals surface area contributed by atoms with Gasteiger partial charge >= 0.3 is 18.4 Å². The number of hydrogen-bond donors (Lipinski definition) is 2. The summed E-state index contributed by atoms with van der Waals surface area (Å²) in [5.41, 5.74) is -4.77. The van der Waals surface area contributed by atoms with Crippen LogP contribution in [0, 0.1) is 5.82 Å². The molecule has 1 fully saturated rings. The van der Waals surface area contributed by atoms with Gasteiger partial charge in [-0.05, 0) is 59.9 Å². The molecule has 0 saturated heterocycles.